The first-order valence-corrected chi connectivity index (χ1v) is 8.86. The molecule has 1 aromatic heterocycles. The van der Waals surface area contributed by atoms with Gasteiger partial charge in [-0.1, -0.05) is 12.1 Å². The molecule has 25 heavy (non-hydrogen) atoms. The predicted molar refractivity (Wildman–Crippen MR) is 92.9 cm³/mol. The van der Waals surface area contributed by atoms with Crippen molar-refractivity contribution in [2.75, 3.05) is 6.54 Å². The Kier molecular flexibility index (Phi) is 4.26. The largest absolute Gasteiger partial charge is 0.347 e. The number of hydrogen-bond acceptors (Lipinski definition) is 3. The fourth-order valence-electron chi connectivity index (χ4n) is 3.66. The normalized spacial score (nSPS) is 19.8. The number of aromatic nitrogens is 2. The summed E-state index contributed by atoms with van der Waals surface area (Å²) in [4.78, 5) is 30.6. The van der Waals surface area contributed by atoms with E-state index in [2.05, 4.69) is 14.9 Å². The number of likely N-dealkylation sites (tertiary alicyclic amines) is 1. The fourth-order valence-corrected chi connectivity index (χ4v) is 3.66. The van der Waals surface area contributed by atoms with Crippen LogP contribution in [0.2, 0.25) is 0 Å². The van der Waals surface area contributed by atoms with E-state index in [1.54, 1.807) is 0 Å². The molecule has 2 aromatic rings. The van der Waals surface area contributed by atoms with Crippen molar-refractivity contribution in [1.82, 2.24) is 19.8 Å². The van der Waals surface area contributed by atoms with Crippen molar-refractivity contribution in [2.45, 2.75) is 44.8 Å². The molecule has 6 heteroatoms. The first-order chi connectivity index (χ1) is 12.2. The van der Waals surface area contributed by atoms with Gasteiger partial charge in [0.05, 0.1) is 0 Å². The SMILES string of the molecule is O=C(N[C@@H]1CCc2nccn2C1)c1cccc(CN2CCCC2=O)c1. The molecule has 0 bridgehead atoms. The number of nitrogens with one attached hydrogen (secondary N) is 1. The zero-order valence-corrected chi connectivity index (χ0v) is 14.1. The third kappa shape index (κ3) is 3.43. The minimum Gasteiger partial charge on any atom is -0.347 e. The van der Waals surface area contributed by atoms with Gasteiger partial charge in [0, 0.05) is 56.5 Å². The molecule has 0 saturated carbocycles. The lowest BCUT2D eigenvalue weighted by Gasteiger charge is -2.25. The van der Waals surface area contributed by atoms with Crippen LogP contribution in [-0.2, 0) is 24.3 Å². The summed E-state index contributed by atoms with van der Waals surface area (Å²) >= 11 is 0. The average Bonchev–Trinajstić information content (AvgIpc) is 3.24. The van der Waals surface area contributed by atoms with Crippen molar-refractivity contribution in [3.05, 3.63) is 53.6 Å². The van der Waals surface area contributed by atoms with Crippen LogP contribution >= 0.6 is 0 Å². The van der Waals surface area contributed by atoms with Crippen LogP contribution in [0.3, 0.4) is 0 Å². The number of imidazole rings is 1. The standard InChI is InChI=1S/C19H22N4O2/c24-18-5-2-9-23(18)12-14-3-1-4-15(11-14)19(25)21-16-6-7-17-20-8-10-22(17)13-16/h1,3-4,8,10-11,16H,2,5-7,9,12-13H2,(H,21,25)/t16-/m1/s1. The average molecular weight is 338 g/mol. The van der Waals surface area contributed by atoms with E-state index in [-0.39, 0.29) is 17.9 Å². The molecule has 0 spiro atoms. The number of fused-ring (bicyclic) bond motifs is 1. The summed E-state index contributed by atoms with van der Waals surface area (Å²) in [5, 5.41) is 3.13. The van der Waals surface area contributed by atoms with Crippen LogP contribution in [0.5, 0.6) is 0 Å². The zero-order chi connectivity index (χ0) is 17.2. The van der Waals surface area contributed by atoms with Crippen LogP contribution in [0, 0.1) is 0 Å². The third-order valence-electron chi connectivity index (χ3n) is 5.00. The van der Waals surface area contributed by atoms with E-state index in [1.165, 1.54) is 0 Å². The lowest BCUT2D eigenvalue weighted by atomic mass is 10.1. The third-order valence-corrected chi connectivity index (χ3v) is 5.00. The van der Waals surface area contributed by atoms with Gasteiger partial charge < -0.3 is 14.8 Å². The Morgan fingerprint density at radius 1 is 1.32 bits per heavy atom. The van der Waals surface area contributed by atoms with E-state index in [4.69, 9.17) is 0 Å². The van der Waals surface area contributed by atoms with Gasteiger partial charge in [-0.15, -0.1) is 0 Å². The number of carbonyl (C=O) groups is 2. The molecule has 1 fully saturated rings. The van der Waals surface area contributed by atoms with Gasteiger partial charge in [0.2, 0.25) is 5.91 Å². The van der Waals surface area contributed by atoms with Gasteiger partial charge in [-0.25, -0.2) is 4.98 Å². The Hall–Kier alpha value is -2.63. The van der Waals surface area contributed by atoms with E-state index >= 15 is 0 Å². The highest BCUT2D eigenvalue weighted by molar-refractivity contribution is 5.94. The molecule has 130 valence electrons. The van der Waals surface area contributed by atoms with E-state index in [1.807, 2.05) is 41.6 Å². The van der Waals surface area contributed by atoms with Gasteiger partial charge in [0.25, 0.3) is 5.91 Å². The smallest absolute Gasteiger partial charge is 0.251 e. The summed E-state index contributed by atoms with van der Waals surface area (Å²) in [6.45, 7) is 2.16. The Morgan fingerprint density at radius 2 is 2.24 bits per heavy atom. The minimum atomic E-state index is -0.0526. The second-order valence-corrected chi connectivity index (χ2v) is 6.82. The maximum atomic E-state index is 12.6. The van der Waals surface area contributed by atoms with Crippen molar-refractivity contribution in [3.8, 4) is 0 Å². The molecule has 2 aliphatic rings. The van der Waals surface area contributed by atoms with Crippen LogP contribution < -0.4 is 5.32 Å². The molecule has 2 amide bonds. The number of rotatable bonds is 4. The molecule has 1 saturated heterocycles. The van der Waals surface area contributed by atoms with Gasteiger partial charge in [0.15, 0.2) is 0 Å². The van der Waals surface area contributed by atoms with E-state index < -0.39 is 0 Å². The summed E-state index contributed by atoms with van der Waals surface area (Å²) in [6.07, 6.45) is 7.12. The maximum Gasteiger partial charge on any atom is 0.251 e. The Labute approximate surface area is 146 Å². The highest BCUT2D eigenvalue weighted by Gasteiger charge is 2.22. The molecule has 6 nitrogen and oxygen atoms in total. The highest BCUT2D eigenvalue weighted by Crippen LogP contribution is 2.16. The molecule has 0 radical (unpaired) electrons. The van der Waals surface area contributed by atoms with Crippen LogP contribution in [0.1, 0.15) is 41.0 Å². The molecular weight excluding hydrogens is 316 g/mol. The number of benzene rings is 1. The summed E-state index contributed by atoms with van der Waals surface area (Å²) in [6, 6.07) is 7.71. The van der Waals surface area contributed by atoms with E-state index in [9.17, 15) is 9.59 Å². The lowest BCUT2D eigenvalue weighted by Crippen LogP contribution is -2.40. The Bertz CT molecular complexity index is 798. The molecular formula is C19H22N4O2. The summed E-state index contributed by atoms with van der Waals surface area (Å²) in [5.41, 5.74) is 1.66. The number of carbonyl (C=O) groups excluding carboxylic acids is 2. The van der Waals surface area contributed by atoms with Gasteiger partial charge in [-0.2, -0.15) is 0 Å². The molecule has 0 unspecified atom stereocenters. The molecule has 1 N–H and O–H groups in total. The van der Waals surface area contributed by atoms with Gasteiger partial charge in [-0.05, 0) is 30.5 Å². The zero-order valence-electron chi connectivity index (χ0n) is 14.1. The Balaban J connectivity index is 1.40. The van der Waals surface area contributed by atoms with Crippen LogP contribution in [0.25, 0.3) is 0 Å². The maximum absolute atomic E-state index is 12.6. The number of nitrogens with zero attached hydrogens (tertiary/aromatic N) is 3. The quantitative estimate of drug-likeness (QED) is 0.923. The van der Waals surface area contributed by atoms with Crippen molar-refractivity contribution in [3.63, 3.8) is 0 Å². The summed E-state index contributed by atoms with van der Waals surface area (Å²) in [5.74, 6) is 1.24. The van der Waals surface area contributed by atoms with Crippen LogP contribution in [0.15, 0.2) is 36.7 Å². The second-order valence-electron chi connectivity index (χ2n) is 6.82. The molecule has 1 atom stereocenters. The summed E-state index contributed by atoms with van der Waals surface area (Å²) in [7, 11) is 0. The van der Waals surface area contributed by atoms with Crippen molar-refractivity contribution < 1.29 is 9.59 Å². The molecule has 4 rings (SSSR count). The fraction of sp³-hybridized carbons (Fsp3) is 0.421. The number of amides is 2. The number of hydrogen-bond donors (Lipinski definition) is 1. The van der Waals surface area contributed by atoms with E-state index in [0.29, 0.717) is 18.5 Å². The molecule has 2 aliphatic heterocycles. The molecule has 3 heterocycles. The Morgan fingerprint density at radius 3 is 3.08 bits per heavy atom. The first-order valence-electron chi connectivity index (χ1n) is 8.86. The van der Waals surface area contributed by atoms with Crippen LogP contribution in [-0.4, -0.2) is 38.9 Å². The first kappa shape index (κ1) is 15.9. The molecule has 0 aliphatic carbocycles. The van der Waals surface area contributed by atoms with Crippen molar-refractivity contribution >= 4 is 11.8 Å². The second kappa shape index (κ2) is 6.70. The monoisotopic (exact) mass is 338 g/mol. The number of aryl methyl sites for hydroxylation is 1. The van der Waals surface area contributed by atoms with Gasteiger partial charge in [-0.3, -0.25) is 9.59 Å². The van der Waals surface area contributed by atoms with Gasteiger partial charge in [0.1, 0.15) is 5.82 Å². The minimum absolute atomic E-state index is 0.0526. The summed E-state index contributed by atoms with van der Waals surface area (Å²) < 4.78 is 2.10. The van der Waals surface area contributed by atoms with Gasteiger partial charge >= 0.3 is 0 Å². The van der Waals surface area contributed by atoms with Crippen molar-refractivity contribution in [1.29, 1.82) is 0 Å². The lowest BCUT2D eigenvalue weighted by molar-refractivity contribution is -0.128. The molecule has 1 aromatic carbocycles. The topological polar surface area (TPSA) is 67.2 Å². The van der Waals surface area contributed by atoms with Crippen molar-refractivity contribution in [2.24, 2.45) is 0 Å². The highest BCUT2D eigenvalue weighted by atomic mass is 16.2. The van der Waals surface area contributed by atoms with E-state index in [0.717, 1.165) is 43.7 Å². The predicted octanol–water partition coefficient (Wildman–Crippen LogP) is 1.75. The van der Waals surface area contributed by atoms with Crippen LogP contribution in [0.4, 0.5) is 0 Å².